The number of hydrogen-bond donors (Lipinski definition) is 0. The minimum Gasteiger partial charge on any atom is -0.303 e. The third kappa shape index (κ3) is 1.74. The molecule has 3 aliphatic carbocycles. The Labute approximate surface area is 99.3 Å². The second-order valence-corrected chi connectivity index (χ2v) is 6.50. The van der Waals surface area contributed by atoms with Crippen LogP contribution in [-0.2, 0) is 4.79 Å². The van der Waals surface area contributed by atoms with E-state index in [9.17, 15) is 4.79 Å². The van der Waals surface area contributed by atoms with Gasteiger partial charge in [0.1, 0.15) is 6.29 Å². The molecule has 0 spiro atoms. The maximum absolute atomic E-state index is 10.3. The first-order valence-corrected chi connectivity index (χ1v) is 6.62. The van der Waals surface area contributed by atoms with Crippen LogP contribution >= 0.6 is 0 Å². The number of allylic oxidation sites excluding steroid dienone is 2. The molecule has 3 rings (SSSR count). The molecular weight excluding hydrogens is 196 g/mol. The summed E-state index contributed by atoms with van der Waals surface area (Å²) < 4.78 is 0. The fraction of sp³-hybridized carbons (Fsp3) is 0.800. The number of fused-ring (bicyclic) bond motifs is 2. The van der Waals surface area contributed by atoms with Gasteiger partial charge in [-0.25, -0.2) is 0 Å². The lowest BCUT2D eigenvalue weighted by Gasteiger charge is -2.64. The van der Waals surface area contributed by atoms with E-state index in [2.05, 4.69) is 32.9 Å². The second kappa shape index (κ2) is 4.01. The Morgan fingerprint density at radius 1 is 1.25 bits per heavy atom. The van der Waals surface area contributed by atoms with Crippen LogP contribution in [0.15, 0.2) is 12.2 Å². The lowest BCUT2D eigenvalue weighted by Crippen LogP contribution is -2.56. The standard InChI is InChI=1S/C15H24O/c1-14(2)12-7-9-15(3,13(14)11-12)8-5-4-6-10-16/h5,8,10,12-13H,4,6-7,9,11H2,1-3H3. The van der Waals surface area contributed by atoms with Gasteiger partial charge >= 0.3 is 0 Å². The molecular formula is C15H24O. The zero-order chi connectivity index (χ0) is 11.8. The van der Waals surface area contributed by atoms with Crippen LogP contribution in [0.3, 0.4) is 0 Å². The Balaban J connectivity index is 2.01. The zero-order valence-corrected chi connectivity index (χ0v) is 10.8. The van der Waals surface area contributed by atoms with E-state index in [1.54, 1.807) is 0 Å². The summed E-state index contributed by atoms with van der Waals surface area (Å²) in [5, 5.41) is 0. The summed E-state index contributed by atoms with van der Waals surface area (Å²) in [7, 11) is 0. The highest BCUT2D eigenvalue weighted by Crippen LogP contribution is 2.66. The van der Waals surface area contributed by atoms with E-state index in [0.29, 0.717) is 17.3 Å². The molecule has 1 heteroatoms. The molecule has 0 radical (unpaired) electrons. The van der Waals surface area contributed by atoms with Crippen molar-refractivity contribution < 1.29 is 4.79 Å². The van der Waals surface area contributed by atoms with Gasteiger partial charge in [-0.3, -0.25) is 0 Å². The van der Waals surface area contributed by atoms with Gasteiger partial charge in [-0.15, -0.1) is 0 Å². The normalized spacial score (nSPS) is 40.7. The van der Waals surface area contributed by atoms with Crippen LogP contribution in [0, 0.1) is 22.7 Å². The zero-order valence-electron chi connectivity index (χ0n) is 10.8. The third-order valence-electron chi connectivity index (χ3n) is 5.25. The Morgan fingerprint density at radius 2 is 2.00 bits per heavy atom. The highest BCUT2D eigenvalue weighted by Gasteiger charge is 2.58. The van der Waals surface area contributed by atoms with Crippen LogP contribution in [-0.4, -0.2) is 6.29 Å². The molecule has 0 aromatic heterocycles. The SMILES string of the molecule is CC1(C=CCCC=O)CCC2CC1C2(C)C. The van der Waals surface area contributed by atoms with Crippen molar-refractivity contribution in [3.8, 4) is 0 Å². The summed E-state index contributed by atoms with van der Waals surface area (Å²) in [6.07, 6.45) is 11.4. The van der Waals surface area contributed by atoms with Gasteiger partial charge < -0.3 is 4.79 Å². The summed E-state index contributed by atoms with van der Waals surface area (Å²) >= 11 is 0. The van der Waals surface area contributed by atoms with E-state index in [4.69, 9.17) is 0 Å². The molecule has 0 aromatic carbocycles. The third-order valence-corrected chi connectivity index (χ3v) is 5.25. The van der Waals surface area contributed by atoms with Gasteiger partial charge in [0.05, 0.1) is 0 Å². The van der Waals surface area contributed by atoms with Crippen LogP contribution in [0.5, 0.6) is 0 Å². The van der Waals surface area contributed by atoms with E-state index in [1.807, 2.05) is 0 Å². The van der Waals surface area contributed by atoms with Crippen molar-refractivity contribution >= 4 is 6.29 Å². The van der Waals surface area contributed by atoms with Crippen LogP contribution in [0.1, 0.15) is 52.9 Å². The Kier molecular flexibility index (Phi) is 2.98. The van der Waals surface area contributed by atoms with E-state index < -0.39 is 0 Å². The summed E-state index contributed by atoms with van der Waals surface area (Å²) in [6.45, 7) is 7.28. The van der Waals surface area contributed by atoms with E-state index in [0.717, 1.165) is 24.5 Å². The van der Waals surface area contributed by atoms with Gasteiger partial charge in [0.2, 0.25) is 0 Å². The Morgan fingerprint density at radius 3 is 2.56 bits per heavy atom. The average molecular weight is 220 g/mol. The van der Waals surface area contributed by atoms with E-state index >= 15 is 0 Å². The van der Waals surface area contributed by atoms with Gasteiger partial charge in [-0.1, -0.05) is 32.9 Å². The fourth-order valence-electron chi connectivity index (χ4n) is 4.00. The van der Waals surface area contributed by atoms with Gasteiger partial charge in [0.15, 0.2) is 0 Å². The summed E-state index contributed by atoms with van der Waals surface area (Å²) in [4.78, 5) is 10.3. The molecule has 3 unspecified atom stereocenters. The van der Waals surface area contributed by atoms with E-state index in [1.165, 1.54) is 19.3 Å². The van der Waals surface area contributed by atoms with Crippen molar-refractivity contribution in [2.75, 3.05) is 0 Å². The van der Waals surface area contributed by atoms with Crippen LogP contribution in [0.2, 0.25) is 0 Å². The number of unbranched alkanes of at least 4 members (excludes halogenated alkanes) is 1. The molecule has 90 valence electrons. The predicted molar refractivity (Wildman–Crippen MR) is 67.2 cm³/mol. The molecule has 2 bridgehead atoms. The highest BCUT2D eigenvalue weighted by atomic mass is 16.1. The molecule has 3 aliphatic rings. The molecule has 3 saturated carbocycles. The lowest BCUT2D eigenvalue weighted by molar-refractivity contribution is -0.130. The van der Waals surface area contributed by atoms with Crippen LogP contribution in [0.25, 0.3) is 0 Å². The van der Waals surface area contributed by atoms with Crippen molar-refractivity contribution in [3.05, 3.63) is 12.2 Å². The molecule has 1 nitrogen and oxygen atoms in total. The highest BCUT2D eigenvalue weighted by molar-refractivity contribution is 5.49. The predicted octanol–water partition coefficient (Wildman–Crippen LogP) is 3.98. The molecule has 0 saturated heterocycles. The van der Waals surface area contributed by atoms with Gasteiger partial charge in [-0.2, -0.15) is 0 Å². The van der Waals surface area contributed by atoms with Gasteiger partial charge in [0.25, 0.3) is 0 Å². The minimum atomic E-state index is 0.390. The number of aldehydes is 1. The summed E-state index contributed by atoms with van der Waals surface area (Å²) in [5.74, 6) is 1.82. The topological polar surface area (TPSA) is 17.1 Å². The van der Waals surface area contributed by atoms with Gasteiger partial charge in [-0.05, 0) is 48.3 Å². The van der Waals surface area contributed by atoms with Crippen LogP contribution in [0.4, 0.5) is 0 Å². The molecule has 0 aromatic rings. The molecule has 0 N–H and O–H groups in total. The molecule has 16 heavy (non-hydrogen) atoms. The van der Waals surface area contributed by atoms with Crippen LogP contribution < -0.4 is 0 Å². The molecule has 0 amide bonds. The maximum Gasteiger partial charge on any atom is 0.120 e. The van der Waals surface area contributed by atoms with Crippen molar-refractivity contribution in [2.45, 2.75) is 52.9 Å². The van der Waals surface area contributed by atoms with Crippen molar-refractivity contribution in [3.63, 3.8) is 0 Å². The average Bonchev–Trinajstić information content (AvgIpc) is 2.24. The maximum atomic E-state index is 10.3. The number of carbonyl (C=O) groups excluding carboxylic acids is 1. The number of rotatable bonds is 4. The monoisotopic (exact) mass is 220 g/mol. The summed E-state index contributed by atoms with van der Waals surface area (Å²) in [6, 6.07) is 0. The molecule has 3 atom stereocenters. The van der Waals surface area contributed by atoms with Crippen molar-refractivity contribution in [1.29, 1.82) is 0 Å². The quantitative estimate of drug-likeness (QED) is 0.398. The largest absolute Gasteiger partial charge is 0.303 e. The van der Waals surface area contributed by atoms with Gasteiger partial charge in [0, 0.05) is 6.42 Å². The Hall–Kier alpha value is -0.590. The second-order valence-electron chi connectivity index (χ2n) is 6.50. The first-order chi connectivity index (χ1) is 7.50. The lowest BCUT2D eigenvalue weighted by atomic mass is 9.41. The minimum absolute atomic E-state index is 0.390. The first kappa shape index (κ1) is 11.9. The summed E-state index contributed by atoms with van der Waals surface area (Å²) in [5.41, 5.74) is 0.934. The number of carbonyl (C=O) groups is 1. The van der Waals surface area contributed by atoms with E-state index in [-0.39, 0.29) is 0 Å². The molecule has 0 heterocycles. The molecule has 0 aliphatic heterocycles. The smallest absolute Gasteiger partial charge is 0.120 e. The first-order valence-electron chi connectivity index (χ1n) is 6.62. The van der Waals surface area contributed by atoms with Crippen molar-refractivity contribution in [1.82, 2.24) is 0 Å². The van der Waals surface area contributed by atoms with Crippen molar-refractivity contribution in [2.24, 2.45) is 22.7 Å². The fourth-order valence-corrected chi connectivity index (χ4v) is 4.00. The number of hydrogen-bond acceptors (Lipinski definition) is 1. The molecule has 3 fully saturated rings. The Bertz CT molecular complexity index is 301.